The Labute approximate surface area is 110 Å². The third-order valence-corrected chi connectivity index (χ3v) is 5.96. The highest BCUT2D eigenvalue weighted by molar-refractivity contribution is 7.92. The van der Waals surface area contributed by atoms with Gasteiger partial charge in [0.25, 0.3) is 0 Å². The fourth-order valence-electron chi connectivity index (χ4n) is 1.74. The lowest BCUT2D eigenvalue weighted by molar-refractivity contribution is -0.149. The average molecular weight is 279 g/mol. The Morgan fingerprint density at radius 3 is 2.00 bits per heavy atom. The standard InChI is InChI=1S/C12H25NO4S/c1-5-6-12(9-13,10(14)15)7-8-18(16,17)11(2,3)4/h5-9,13H2,1-4H3,(H,14,15). The second kappa shape index (κ2) is 6.02. The second-order valence-corrected chi connectivity index (χ2v) is 8.58. The van der Waals surface area contributed by atoms with E-state index >= 15 is 0 Å². The van der Waals surface area contributed by atoms with Gasteiger partial charge in [-0.15, -0.1) is 0 Å². The summed E-state index contributed by atoms with van der Waals surface area (Å²) < 4.78 is 23.2. The van der Waals surface area contributed by atoms with Crippen molar-refractivity contribution >= 4 is 15.8 Å². The van der Waals surface area contributed by atoms with Gasteiger partial charge in [0.05, 0.1) is 15.9 Å². The molecule has 0 aliphatic rings. The van der Waals surface area contributed by atoms with Gasteiger partial charge in [0.2, 0.25) is 0 Å². The van der Waals surface area contributed by atoms with Crippen LogP contribution < -0.4 is 5.73 Å². The van der Waals surface area contributed by atoms with Gasteiger partial charge in [0.15, 0.2) is 9.84 Å². The Bertz CT molecular complexity index is 383. The molecule has 0 saturated carbocycles. The lowest BCUT2D eigenvalue weighted by atomic mass is 9.81. The maximum Gasteiger partial charge on any atom is 0.310 e. The van der Waals surface area contributed by atoms with E-state index in [9.17, 15) is 18.3 Å². The number of sulfone groups is 1. The zero-order chi connectivity index (χ0) is 14.6. The summed E-state index contributed by atoms with van der Waals surface area (Å²) in [6.07, 6.45) is 1.14. The molecule has 0 aliphatic carbocycles. The van der Waals surface area contributed by atoms with Crippen LogP contribution in [0.5, 0.6) is 0 Å². The smallest absolute Gasteiger partial charge is 0.310 e. The van der Waals surface area contributed by atoms with Crippen LogP contribution in [-0.2, 0) is 14.6 Å². The Hall–Kier alpha value is -0.620. The first kappa shape index (κ1) is 17.4. The molecule has 18 heavy (non-hydrogen) atoms. The van der Waals surface area contributed by atoms with Gasteiger partial charge < -0.3 is 10.8 Å². The molecule has 0 radical (unpaired) electrons. The van der Waals surface area contributed by atoms with Crippen LogP contribution in [0.25, 0.3) is 0 Å². The van der Waals surface area contributed by atoms with Crippen LogP contribution in [0.1, 0.15) is 47.0 Å². The molecule has 1 unspecified atom stereocenters. The van der Waals surface area contributed by atoms with E-state index in [1.165, 1.54) is 0 Å². The topological polar surface area (TPSA) is 97.5 Å². The Kier molecular flexibility index (Phi) is 5.81. The van der Waals surface area contributed by atoms with E-state index in [4.69, 9.17) is 5.73 Å². The van der Waals surface area contributed by atoms with Crippen LogP contribution in [0, 0.1) is 5.41 Å². The Morgan fingerprint density at radius 1 is 1.22 bits per heavy atom. The molecule has 0 amide bonds. The largest absolute Gasteiger partial charge is 0.481 e. The van der Waals surface area contributed by atoms with E-state index < -0.39 is 26.0 Å². The number of carboxylic acid groups (broad SMARTS) is 1. The third kappa shape index (κ3) is 3.95. The molecule has 6 heteroatoms. The van der Waals surface area contributed by atoms with Gasteiger partial charge in [-0.2, -0.15) is 0 Å². The van der Waals surface area contributed by atoms with Crippen LogP contribution in [0.15, 0.2) is 0 Å². The lowest BCUT2D eigenvalue weighted by Gasteiger charge is -2.29. The average Bonchev–Trinajstić information content (AvgIpc) is 2.22. The van der Waals surface area contributed by atoms with Crippen molar-refractivity contribution in [1.29, 1.82) is 0 Å². The summed E-state index contributed by atoms with van der Waals surface area (Å²) in [5.41, 5.74) is 4.44. The molecule has 108 valence electrons. The predicted molar refractivity (Wildman–Crippen MR) is 72.2 cm³/mol. The molecule has 0 aromatic heterocycles. The molecular weight excluding hydrogens is 254 g/mol. The highest BCUT2D eigenvalue weighted by Gasteiger charge is 2.39. The molecule has 0 spiro atoms. The van der Waals surface area contributed by atoms with Crippen molar-refractivity contribution in [2.45, 2.75) is 51.7 Å². The molecule has 0 bridgehead atoms. The van der Waals surface area contributed by atoms with Gasteiger partial charge >= 0.3 is 5.97 Å². The summed E-state index contributed by atoms with van der Waals surface area (Å²) in [6.45, 7) is 6.69. The van der Waals surface area contributed by atoms with E-state index in [0.29, 0.717) is 12.8 Å². The zero-order valence-corrected chi connectivity index (χ0v) is 12.5. The molecule has 0 aromatic carbocycles. The normalized spacial score (nSPS) is 16.3. The van der Waals surface area contributed by atoms with E-state index in [2.05, 4.69) is 0 Å². The molecule has 0 fully saturated rings. The minimum absolute atomic E-state index is 0.0319. The third-order valence-electron chi connectivity index (χ3n) is 3.36. The first-order valence-electron chi connectivity index (χ1n) is 6.18. The molecule has 0 heterocycles. The van der Waals surface area contributed by atoms with E-state index in [1.807, 2.05) is 6.92 Å². The Morgan fingerprint density at radius 2 is 1.72 bits per heavy atom. The SMILES string of the molecule is CCCC(CN)(CCS(=O)(=O)C(C)(C)C)C(=O)O. The number of rotatable bonds is 7. The minimum Gasteiger partial charge on any atom is -0.481 e. The number of carbonyl (C=O) groups is 1. The molecule has 5 nitrogen and oxygen atoms in total. The van der Waals surface area contributed by atoms with Crippen LogP contribution >= 0.6 is 0 Å². The fourth-order valence-corrected chi connectivity index (χ4v) is 3.02. The first-order valence-corrected chi connectivity index (χ1v) is 7.83. The number of hydrogen-bond acceptors (Lipinski definition) is 4. The van der Waals surface area contributed by atoms with Gasteiger partial charge in [0, 0.05) is 6.54 Å². The van der Waals surface area contributed by atoms with Crippen molar-refractivity contribution in [1.82, 2.24) is 0 Å². The quantitative estimate of drug-likeness (QED) is 0.734. The molecular formula is C12H25NO4S. The van der Waals surface area contributed by atoms with Gasteiger partial charge in [-0.05, 0) is 33.6 Å². The minimum atomic E-state index is -3.31. The summed E-state index contributed by atoms with van der Waals surface area (Å²) in [4.78, 5) is 11.3. The molecule has 3 N–H and O–H groups in total. The van der Waals surface area contributed by atoms with Crippen molar-refractivity contribution in [3.8, 4) is 0 Å². The highest BCUT2D eigenvalue weighted by atomic mass is 32.2. The van der Waals surface area contributed by atoms with Crippen molar-refractivity contribution in [3.63, 3.8) is 0 Å². The first-order chi connectivity index (χ1) is 8.02. The molecule has 1 atom stereocenters. The lowest BCUT2D eigenvalue weighted by Crippen LogP contribution is -2.42. The molecule has 0 rings (SSSR count). The number of carboxylic acids is 1. The van der Waals surface area contributed by atoms with Crippen LogP contribution in [0.2, 0.25) is 0 Å². The van der Waals surface area contributed by atoms with Crippen molar-refractivity contribution in [2.75, 3.05) is 12.3 Å². The highest BCUT2D eigenvalue weighted by Crippen LogP contribution is 2.30. The van der Waals surface area contributed by atoms with E-state index in [0.717, 1.165) is 0 Å². The summed E-state index contributed by atoms with van der Waals surface area (Å²) in [5, 5.41) is 9.28. The van der Waals surface area contributed by atoms with Gasteiger partial charge in [-0.3, -0.25) is 4.79 Å². The van der Waals surface area contributed by atoms with Crippen molar-refractivity contribution in [2.24, 2.45) is 11.1 Å². The number of aliphatic carboxylic acids is 1. The van der Waals surface area contributed by atoms with Gasteiger partial charge in [-0.1, -0.05) is 13.3 Å². The monoisotopic (exact) mass is 279 g/mol. The van der Waals surface area contributed by atoms with E-state index in [1.54, 1.807) is 20.8 Å². The van der Waals surface area contributed by atoms with E-state index in [-0.39, 0.29) is 18.7 Å². The molecule has 0 aliphatic heterocycles. The maximum absolute atomic E-state index is 12.0. The van der Waals surface area contributed by atoms with Crippen LogP contribution in [0.4, 0.5) is 0 Å². The molecule has 0 aromatic rings. The van der Waals surface area contributed by atoms with Gasteiger partial charge in [0.1, 0.15) is 0 Å². The maximum atomic E-state index is 12.0. The van der Waals surface area contributed by atoms with Crippen molar-refractivity contribution < 1.29 is 18.3 Å². The predicted octanol–water partition coefficient (Wildman–Crippen LogP) is 1.42. The summed E-state index contributed by atoms with van der Waals surface area (Å²) in [7, 11) is -3.31. The summed E-state index contributed by atoms with van der Waals surface area (Å²) >= 11 is 0. The molecule has 0 saturated heterocycles. The van der Waals surface area contributed by atoms with Gasteiger partial charge in [-0.25, -0.2) is 8.42 Å². The second-order valence-electron chi connectivity index (χ2n) is 5.72. The summed E-state index contributed by atoms with van der Waals surface area (Å²) in [5.74, 6) is -1.14. The number of hydrogen-bond donors (Lipinski definition) is 2. The fraction of sp³-hybridized carbons (Fsp3) is 0.917. The van der Waals surface area contributed by atoms with Crippen LogP contribution in [-0.4, -0.2) is 36.5 Å². The Balaban J connectivity index is 5.00. The zero-order valence-electron chi connectivity index (χ0n) is 11.7. The van der Waals surface area contributed by atoms with Crippen molar-refractivity contribution in [3.05, 3.63) is 0 Å². The van der Waals surface area contributed by atoms with Crippen LogP contribution in [0.3, 0.4) is 0 Å². The summed E-state index contributed by atoms with van der Waals surface area (Å²) in [6, 6.07) is 0. The number of nitrogens with two attached hydrogens (primary N) is 1.